The summed E-state index contributed by atoms with van der Waals surface area (Å²) < 4.78 is 34.9. The molecule has 0 saturated heterocycles. The monoisotopic (exact) mass is 290 g/mol. The molecule has 0 fully saturated rings. The molecule has 0 aliphatic carbocycles. The zero-order valence-electron chi connectivity index (χ0n) is 9.94. The predicted molar refractivity (Wildman–Crippen MR) is 75.1 cm³/mol. The number of thiocarbonyl (C=S) groups is 1. The minimum Gasteiger partial charge on any atom is -0.389 e. The molecule has 0 amide bonds. The molecular weight excluding hydrogens is 275 g/mol. The van der Waals surface area contributed by atoms with Crippen LogP contribution in [0.3, 0.4) is 0 Å². The number of hydrogen-bond acceptors (Lipinski definition) is 4. The van der Waals surface area contributed by atoms with Gasteiger partial charge in [-0.15, -0.1) is 0 Å². The molecule has 0 aliphatic rings. The Labute approximate surface area is 111 Å². The highest BCUT2D eigenvalue weighted by atomic mass is 32.2. The topological polar surface area (TPSA) is 72.2 Å². The average molecular weight is 290 g/mol. The van der Waals surface area contributed by atoms with Crippen molar-refractivity contribution < 1.29 is 12.8 Å². The second-order valence-corrected chi connectivity index (χ2v) is 6.66. The van der Waals surface area contributed by atoms with E-state index in [9.17, 15) is 12.8 Å². The molecule has 0 radical (unpaired) electrons. The smallest absolute Gasteiger partial charge is 0.147 e. The van der Waals surface area contributed by atoms with Crippen molar-refractivity contribution in [1.82, 2.24) is 0 Å². The van der Waals surface area contributed by atoms with Crippen molar-refractivity contribution in [2.75, 3.05) is 23.9 Å². The molecule has 0 spiro atoms. The van der Waals surface area contributed by atoms with E-state index in [2.05, 4.69) is 5.32 Å². The number of nitrogens with two attached hydrogens (primary N) is 1. The molecule has 0 saturated carbocycles. The van der Waals surface area contributed by atoms with Gasteiger partial charge in [-0.1, -0.05) is 12.2 Å². The maximum atomic E-state index is 13.0. The summed E-state index contributed by atoms with van der Waals surface area (Å²) >= 11 is 4.82. The van der Waals surface area contributed by atoms with Crippen LogP contribution in [-0.4, -0.2) is 32.0 Å². The van der Waals surface area contributed by atoms with Crippen LogP contribution < -0.4 is 11.1 Å². The largest absolute Gasteiger partial charge is 0.389 e. The van der Waals surface area contributed by atoms with Crippen LogP contribution in [0.25, 0.3) is 0 Å². The Bertz CT molecular complexity index is 544. The van der Waals surface area contributed by atoms with E-state index in [0.29, 0.717) is 24.2 Å². The standard InChI is InChI=1S/C11H15FN2O2S2/c1-18(15,16)6-2-5-14-10-4-3-8(12)7-9(10)11(13)17/h3-4,7,14H,2,5-6H2,1H3,(H2,13,17). The lowest BCUT2D eigenvalue weighted by Gasteiger charge is -2.11. The van der Waals surface area contributed by atoms with Crippen molar-refractivity contribution >= 4 is 32.7 Å². The highest BCUT2D eigenvalue weighted by molar-refractivity contribution is 7.90. The number of anilines is 1. The van der Waals surface area contributed by atoms with E-state index in [1.807, 2.05) is 0 Å². The van der Waals surface area contributed by atoms with Gasteiger partial charge in [0.2, 0.25) is 0 Å². The summed E-state index contributed by atoms with van der Waals surface area (Å²) in [7, 11) is -2.96. The van der Waals surface area contributed by atoms with Crippen LogP contribution in [0, 0.1) is 5.82 Å². The van der Waals surface area contributed by atoms with Crippen LogP contribution in [0.1, 0.15) is 12.0 Å². The summed E-state index contributed by atoms with van der Waals surface area (Å²) in [6.45, 7) is 0.453. The van der Waals surface area contributed by atoms with E-state index < -0.39 is 15.7 Å². The maximum Gasteiger partial charge on any atom is 0.147 e. The lowest BCUT2D eigenvalue weighted by atomic mass is 10.1. The lowest BCUT2D eigenvalue weighted by Crippen LogP contribution is -2.15. The molecule has 0 bridgehead atoms. The van der Waals surface area contributed by atoms with E-state index in [1.165, 1.54) is 24.5 Å². The van der Waals surface area contributed by atoms with E-state index in [1.54, 1.807) is 0 Å². The Hall–Kier alpha value is -1.21. The molecule has 0 atom stereocenters. The van der Waals surface area contributed by atoms with Gasteiger partial charge in [0.1, 0.15) is 20.6 Å². The molecule has 18 heavy (non-hydrogen) atoms. The third kappa shape index (κ3) is 4.97. The molecule has 0 aliphatic heterocycles. The Morgan fingerprint density at radius 3 is 2.72 bits per heavy atom. The normalized spacial score (nSPS) is 11.2. The van der Waals surface area contributed by atoms with Gasteiger partial charge in [0.05, 0.1) is 5.75 Å². The van der Waals surface area contributed by atoms with Crippen molar-refractivity contribution in [3.63, 3.8) is 0 Å². The second kappa shape index (κ2) is 6.10. The molecule has 1 rings (SSSR count). The Morgan fingerprint density at radius 1 is 1.50 bits per heavy atom. The molecule has 0 heterocycles. The third-order valence-electron chi connectivity index (χ3n) is 2.25. The minimum atomic E-state index is -2.96. The van der Waals surface area contributed by atoms with E-state index in [-0.39, 0.29) is 10.7 Å². The van der Waals surface area contributed by atoms with Gasteiger partial charge in [-0.05, 0) is 24.6 Å². The van der Waals surface area contributed by atoms with Gasteiger partial charge < -0.3 is 11.1 Å². The van der Waals surface area contributed by atoms with Gasteiger partial charge in [0.15, 0.2) is 0 Å². The molecule has 7 heteroatoms. The lowest BCUT2D eigenvalue weighted by molar-refractivity contribution is 0.600. The van der Waals surface area contributed by atoms with Crippen LogP contribution in [0.2, 0.25) is 0 Å². The molecule has 0 unspecified atom stereocenters. The number of benzene rings is 1. The SMILES string of the molecule is CS(=O)(=O)CCCNc1ccc(F)cc1C(N)=S. The maximum absolute atomic E-state index is 13.0. The van der Waals surface area contributed by atoms with Crippen LogP contribution in [0.15, 0.2) is 18.2 Å². The molecule has 3 N–H and O–H groups in total. The number of nitrogens with one attached hydrogen (secondary N) is 1. The number of hydrogen-bond donors (Lipinski definition) is 2. The average Bonchev–Trinajstić information content (AvgIpc) is 2.24. The van der Waals surface area contributed by atoms with Gasteiger partial charge in [-0.3, -0.25) is 0 Å². The van der Waals surface area contributed by atoms with E-state index in [4.69, 9.17) is 18.0 Å². The minimum absolute atomic E-state index is 0.0973. The zero-order valence-corrected chi connectivity index (χ0v) is 11.6. The molecule has 1 aromatic rings. The molecule has 0 aromatic heterocycles. The number of halogens is 1. The van der Waals surface area contributed by atoms with Gasteiger partial charge in [0, 0.05) is 24.1 Å². The fraction of sp³-hybridized carbons (Fsp3) is 0.364. The van der Waals surface area contributed by atoms with Crippen molar-refractivity contribution in [1.29, 1.82) is 0 Å². The first-order valence-electron chi connectivity index (χ1n) is 5.30. The van der Waals surface area contributed by atoms with Gasteiger partial charge in [-0.2, -0.15) is 0 Å². The Balaban J connectivity index is 2.65. The first-order chi connectivity index (χ1) is 8.29. The summed E-state index contributed by atoms with van der Waals surface area (Å²) in [5, 5.41) is 3.00. The first-order valence-corrected chi connectivity index (χ1v) is 7.77. The van der Waals surface area contributed by atoms with Crippen LogP contribution in [0.5, 0.6) is 0 Å². The fourth-order valence-electron chi connectivity index (χ4n) is 1.43. The summed E-state index contributed by atoms with van der Waals surface area (Å²) in [5.74, 6) is -0.316. The molecule has 1 aromatic carbocycles. The van der Waals surface area contributed by atoms with E-state index >= 15 is 0 Å². The second-order valence-electron chi connectivity index (χ2n) is 3.96. The Kier molecular flexibility index (Phi) is 5.03. The van der Waals surface area contributed by atoms with Crippen molar-refractivity contribution in [3.05, 3.63) is 29.6 Å². The quantitative estimate of drug-likeness (QED) is 0.610. The van der Waals surface area contributed by atoms with Crippen molar-refractivity contribution in [2.24, 2.45) is 5.73 Å². The van der Waals surface area contributed by atoms with Gasteiger partial charge in [-0.25, -0.2) is 12.8 Å². The van der Waals surface area contributed by atoms with Gasteiger partial charge >= 0.3 is 0 Å². The third-order valence-corrected chi connectivity index (χ3v) is 3.50. The fourth-order valence-corrected chi connectivity index (χ4v) is 2.27. The highest BCUT2D eigenvalue weighted by Crippen LogP contribution is 2.16. The van der Waals surface area contributed by atoms with Crippen LogP contribution in [-0.2, 0) is 9.84 Å². The van der Waals surface area contributed by atoms with Crippen LogP contribution in [0.4, 0.5) is 10.1 Å². The van der Waals surface area contributed by atoms with Crippen molar-refractivity contribution in [3.8, 4) is 0 Å². The summed E-state index contributed by atoms with van der Waals surface area (Å²) in [6, 6.07) is 4.08. The summed E-state index contributed by atoms with van der Waals surface area (Å²) in [5.41, 5.74) is 6.52. The molecule has 100 valence electrons. The van der Waals surface area contributed by atoms with Gasteiger partial charge in [0.25, 0.3) is 0 Å². The summed E-state index contributed by atoms with van der Waals surface area (Å²) in [4.78, 5) is 0.0973. The highest BCUT2D eigenvalue weighted by Gasteiger charge is 2.07. The number of sulfone groups is 1. The van der Waals surface area contributed by atoms with E-state index in [0.717, 1.165) is 0 Å². The molecular formula is C11H15FN2O2S2. The molecule has 4 nitrogen and oxygen atoms in total. The Morgan fingerprint density at radius 2 is 2.17 bits per heavy atom. The predicted octanol–water partition coefficient (Wildman–Crippen LogP) is 1.31. The summed E-state index contributed by atoms with van der Waals surface area (Å²) in [6.07, 6.45) is 1.65. The number of rotatable bonds is 6. The van der Waals surface area contributed by atoms with Crippen molar-refractivity contribution in [2.45, 2.75) is 6.42 Å². The first kappa shape index (κ1) is 14.8. The zero-order chi connectivity index (χ0) is 13.8. The van der Waals surface area contributed by atoms with Crippen LogP contribution >= 0.6 is 12.2 Å².